The SMILES string of the molecule is CC1(C)CCC(CCc2ccc(-c3cccc(C(N)=O)c3)cc2F)CC1. The normalized spacial score (nSPS) is 17.2. The fourth-order valence-corrected chi connectivity index (χ4v) is 3.89. The van der Waals surface area contributed by atoms with E-state index in [1.54, 1.807) is 24.3 Å². The van der Waals surface area contributed by atoms with E-state index < -0.39 is 5.91 Å². The Morgan fingerprint density at radius 3 is 2.46 bits per heavy atom. The Morgan fingerprint density at radius 1 is 1.12 bits per heavy atom. The van der Waals surface area contributed by atoms with Crippen LogP contribution < -0.4 is 5.73 Å². The van der Waals surface area contributed by atoms with Gasteiger partial charge in [0.25, 0.3) is 0 Å². The van der Waals surface area contributed by atoms with Crippen molar-refractivity contribution in [1.29, 1.82) is 0 Å². The average Bonchev–Trinajstić information content (AvgIpc) is 2.61. The number of aryl methyl sites for hydroxylation is 1. The summed E-state index contributed by atoms with van der Waals surface area (Å²) >= 11 is 0. The van der Waals surface area contributed by atoms with Gasteiger partial charge in [0.05, 0.1) is 0 Å². The molecular formula is C23H28FNO. The first-order chi connectivity index (χ1) is 12.3. The van der Waals surface area contributed by atoms with Gasteiger partial charge < -0.3 is 5.73 Å². The zero-order chi connectivity index (χ0) is 18.7. The van der Waals surface area contributed by atoms with Crippen molar-refractivity contribution >= 4 is 5.91 Å². The van der Waals surface area contributed by atoms with Crippen LogP contribution in [0.25, 0.3) is 11.1 Å². The lowest BCUT2D eigenvalue weighted by Crippen LogP contribution is -2.21. The second-order valence-corrected chi connectivity index (χ2v) is 8.40. The van der Waals surface area contributed by atoms with Gasteiger partial charge >= 0.3 is 0 Å². The third-order valence-electron chi connectivity index (χ3n) is 5.81. The topological polar surface area (TPSA) is 43.1 Å². The Labute approximate surface area is 155 Å². The summed E-state index contributed by atoms with van der Waals surface area (Å²) in [6.45, 7) is 4.68. The van der Waals surface area contributed by atoms with Crippen molar-refractivity contribution in [2.45, 2.75) is 52.4 Å². The van der Waals surface area contributed by atoms with Crippen LogP contribution in [-0.2, 0) is 6.42 Å². The Morgan fingerprint density at radius 2 is 1.81 bits per heavy atom. The number of hydrogen-bond donors (Lipinski definition) is 1. The molecule has 138 valence electrons. The van der Waals surface area contributed by atoms with Crippen LogP contribution in [0.4, 0.5) is 4.39 Å². The van der Waals surface area contributed by atoms with Crippen LogP contribution in [0.5, 0.6) is 0 Å². The predicted octanol–water partition coefficient (Wildman–Crippen LogP) is 5.74. The summed E-state index contributed by atoms with van der Waals surface area (Å²) in [5.74, 6) is 0.0806. The smallest absolute Gasteiger partial charge is 0.248 e. The quantitative estimate of drug-likeness (QED) is 0.732. The first-order valence-corrected chi connectivity index (χ1v) is 9.53. The van der Waals surface area contributed by atoms with Gasteiger partial charge in [-0.15, -0.1) is 0 Å². The van der Waals surface area contributed by atoms with E-state index in [2.05, 4.69) is 13.8 Å². The number of nitrogens with two attached hydrogens (primary N) is 1. The van der Waals surface area contributed by atoms with Crippen molar-refractivity contribution in [3.63, 3.8) is 0 Å². The first kappa shape index (κ1) is 18.6. The van der Waals surface area contributed by atoms with Crippen molar-refractivity contribution < 1.29 is 9.18 Å². The molecule has 0 atom stereocenters. The summed E-state index contributed by atoms with van der Waals surface area (Å²) in [6, 6.07) is 12.4. The molecule has 1 aliphatic carbocycles. The van der Waals surface area contributed by atoms with Gasteiger partial charge in [-0.1, -0.05) is 38.1 Å². The maximum Gasteiger partial charge on any atom is 0.248 e. The summed E-state index contributed by atoms with van der Waals surface area (Å²) in [4.78, 5) is 11.3. The van der Waals surface area contributed by atoms with Crippen molar-refractivity contribution in [2.24, 2.45) is 17.1 Å². The molecule has 3 heteroatoms. The van der Waals surface area contributed by atoms with Gasteiger partial charge in [0.1, 0.15) is 5.82 Å². The van der Waals surface area contributed by atoms with Gasteiger partial charge in [-0.25, -0.2) is 4.39 Å². The number of carbonyl (C=O) groups excluding carboxylic acids is 1. The molecule has 1 fully saturated rings. The molecule has 2 N–H and O–H groups in total. The third kappa shape index (κ3) is 4.51. The third-order valence-corrected chi connectivity index (χ3v) is 5.81. The molecule has 1 aliphatic rings. The summed E-state index contributed by atoms with van der Waals surface area (Å²) in [5.41, 5.74) is 8.60. The van der Waals surface area contributed by atoms with E-state index in [0.29, 0.717) is 16.9 Å². The summed E-state index contributed by atoms with van der Waals surface area (Å²) in [6.07, 6.45) is 6.91. The summed E-state index contributed by atoms with van der Waals surface area (Å²) in [7, 11) is 0. The molecular weight excluding hydrogens is 325 g/mol. The zero-order valence-electron chi connectivity index (χ0n) is 15.7. The summed E-state index contributed by atoms with van der Waals surface area (Å²) in [5, 5.41) is 0. The molecule has 3 rings (SSSR count). The van der Waals surface area contributed by atoms with Gasteiger partial charge in [-0.05, 0) is 84.7 Å². The molecule has 2 aromatic rings. The highest BCUT2D eigenvalue weighted by atomic mass is 19.1. The molecule has 0 heterocycles. The monoisotopic (exact) mass is 353 g/mol. The van der Waals surface area contributed by atoms with E-state index in [-0.39, 0.29) is 5.82 Å². The van der Waals surface area contributed by atoms with Crippen molar-refractivity contribution in [2.75, 3.05) is 0 Å². The van der Waals surface area contributed by atoms with Crippen LogP contribution in [-0.4, -0.2) is 5.91 Å². The van der Waals surface area contributed by atoms with Crippen molar-refractivity contribution in [1.82, 2.24) is 0 Å². The van der Waals surface area contributed by atoms with Crippen LogP contribution in [0.15, 0.2) is 42.5 Å². The van der Waals surface area contributed by atoms with E-state index in [9.17, 15) is 9.18 Å². The number of hydrogen-bond acceptors (Lipinski definition) is 1. The van der Waals surface area contributed by atoms with E-state index in [0.717, 1.165) is 29.5 Å². The van der Waals surface area contributed by atoms with Crippen LogP contribution in [0.1, 0.15) is 61.9 Å². The number of carbonyl (C=O) groups is 1. The maximum absolute atomic E-state index is 14.6. The molecule has 26 heavy (non-hydrogen) atoms. The minimum Gasteiger partial charge on any atom is -0.366 e. The van der Waals surface area contributed by atoms with Gasteiger partial charge in [-0.2, -0.15) is 0 Å². The number of rotatable bonds is 5. The fraction of sp³-hybridized carbons (Fsp3) is 0.435. The van der Waals surface area contributed by atoms with Crippen LogP contribution >= 0.6 is 0 Å². The van der Waals surface area contributed by atoms with Crippen molar-refractivity contribution in [3.8, 4) is 11.1 Å². The van der Waals surface area contributed by atoms with Crippen LogP contribution in [0.2, 0.25) is 0 Å². The fourth-order valence-electron chi connectivity index (χ4n) is 3.89. The number of benzene rings is 2. The minimum absolute atomic E-state index is 0.164. The van der Waals surface area contributed by atoms with Gasteiger partial charge in [0, 0.05) is 5.56 Å². The van der Waals surface area contributed by atoms with E-state index in [1.165, 1.54) is 25.7 Å². The Balaban J connectivity index is 1.66. The van der Waals surface area contributed by atoms with Gasteiger partial charge in [0.15, 0.2) is 0 Å². The predicted molar refractivity (Wildman–Crippen MR) is 104 cm³/mol. The second kappa shape index (κ2) is 7.61. The second-order valence-electron chi connectivity index (χ2n) is 8.40. The highest BCUT2D eigenvalue weighted by Crippen LogP contribution is 2.39. The van der Waals surface area contributed by atoms with Gasteiger partial charge in [0.2, 0.25) is 5.91 Å². The average molecular weight is 353 g/mol. The lowest BCUT2D eigenvalue weighted by Gasteiger charge is -2.34. The van der Waals surface area contributed by atoms with Crippen LogP contribution in [0, 0.1) is 17.2 Å². The molecule has 0 unspecified atom stereocenters. The molecule has 0 radical (unpaired) electrons. The molecule has 0 aromatic heterocycles. The van der Waals surface area contributed by atoms with Crippen molar-refractivity contribution in [3.05, 3.63) is 59.4 Å². The summed E-state index contributed by atoms with van der Waals surface area (Å²) < 4.78 is 14.6. The lowest BCUT2D eigenvalue weighted by molar-refractivity contribution is 0.100. The molecule has 1 amide bonds. The van der Waals surface area contributed by atoms with E-state index in [4.69, 9.17) is 5.73 Å². The maximum atomic E-state index is 14.6. The molecule has 0 saturated heterocycles. The van der Waals surface area contributed by atoms with Crippen LogP contribution in [0.3, 0.4) is 0 Å². The van der Waals surface area contributed by atoms with Gasteiger partial charge in [-0.3, -0.25) is 4.79 Å². The largest absolute Gasteiger partial charge is 0.366 e. The Kier molecular flexibility index (Phi) is 5.45. The Hall–Kier alpha value is -2.16. The highest BCUT2D eigenvalue weighted by Gasteiger charge is 2.26. The molecule has 0 aliphatic heterocycles. The minimum atomic E-state index is -0.473. The Bertz CT molecular complexity index is 787. The van der Waals surface area contributed by atoms with E-state index in [1.807, 2.05) is 18.2 Å². The lowest BCUT2D eigenvalue weighted by atomic mass is 9.72. The molecule has 0 bridgehead atoms. The molecule has 2 aromatic carbocycles. The number of halogens is 1. The molecule has 0 spiro atoms. The number of primary amides is 1. The number of amides is 1. The molecule has 1 saturated carbocycles. The van der Waals surface area contributed by atoms with E-state index >= 15 is 0 Å². The zero-order valence-corrected chi connectivity index (χ0v) is 15.7. The highest BCUT2D eigenvalue weighted by molar-refractivity contribution is 5.94. The first-order valence-electron chi connectivity index (χ1n) is 9.53. The molecule has 2 nitrogen and oxygen atoms in total. The standard InChI is InChI=1S/C23H28FNO/c1-23(2)12-10-16(11-13-23)6-7-17-8-9-19(15-21(17)24)18-4-3-5-20(14-18)22(25)26/h3-5,8-9,14-16H,6-7,10-13H2,1-2H3,(H2,25,26).